The van der Waals surface area contributed by atoms with E-state index in [2.05, 4.69) is 199 Å². The Morgan fingerprint density at radius 3 is 1.76 bits per heavy atom. The van der Waals surface area contributed by atoms with Crippen LogP contribution in [0.2, 0.25) is 0 Å². The molecule has 0 bridgehead atoms. The highest BCUT2D eigenvalue weighted by atomic mass is 15.0. The van der Waals surface area contributed by atoms with Crippen LogP contribution in [0.15, 0.2) is 218 Å². The molecule has 0 saturated carbocycles. The van der Waals surface area contributed by atoms with Gasteiger partial charge in [-0.2, -0.15) is 0 Å². The van der Waals surface area contributed by atoms with Crippen LogP contribution in [0.1, 0.15) is 31.4 Å². The Morgan fingerprint density at radius 1 is 0.373 bits per heavy atom. The first-order chi connectivity index (χ1) is 33.2. The number of nitrogens with zero attached hydrogens (tertiary/aromatic N) is 4. The topological polar surface area (TPSA) is 43.6 Å². The highest BCUT2D eigenvalue weighted by Gasteiger charge is 2.22. The van der Waals surface area contributed by atoms with Crippen molar-refractivity contribution < 1.29 is 0 Å². The first-order valence-corrected chi connectivity index (χ1v) is 23.4. The number of para-hydroxylation sites is 2. The summed E-state index contributed by atoms with van der Waals surface area (Å²) in [6.07, 6.45) is 18.1. The Kier molecular flexibility index (Phi) is 9.42. The number of benzene rings is 8. The Bertz CT molecular complexity index is 3830. The quantitative estimate of drug-likeness (QED) is 0.150. The Hall–Kier alpha value is -8.47. The highest BCUT2D eigenvalue weighted by Crippen LogP contribution is 2.45. The summed E-state index contributed by atoms with van der Waals surface area (Å²) < 4.78 is 2.45. The zero-order valence-corrected chi connectivity index (χ0v) is 36.9. The van der Waals surface area contributed by atoms with Gasteiger partial charge >= 0.3 is 0 Å². The molecule has 0 atom stereocenters. The Balaban J connectivity index is 0.945. The molecule has 316 valence electrons. The molecule has 0 spiro atoms. The van der Waals surface area contributed by atoms with Gasteiger partial charge in [-0.15, -0.1) is 0 Å². The van der Waals surface area contributed by atoms with Gasteiger partial charge in [0.05, 0.1) is 33.6 Å². The third kappa shape index (κ3) is 6.63. The minimum Gasteiger partial charge on any atom is -0.310 e. The van der Waals surface area contributed by atoms with Crippen LogP contribution >= 0.6 is 0 Å². The maximum absolute atomic E-state index is 5.73. The fourth-order valence-corrected chi connectivity index (χ4v) is 10.5. The molecule has 2 aliphatic rings. The van der Waals surface area contributed by atoms with E-state index in [1.54, 1.807) is 0 Å². The molecule has 3 heterocycles. The van der Waals surface area contributed by atoms with Gasteiger partial charge in [0.15, 0.2) is 5.82 Å². The maximum Gasteiger partial charge on any atom is 0.160 e. The molecule has 0 amide bonds. The van der Waals surface area contributed by atoms with Gasteiger partial charge in [0, 0.05) is 49.5 Å². The molecule has 0 saturated heterocycles. The van der Waals surface area contributed by atoms with E-state index >= 15 is 0 Å². The third-order valence-corrected chi connectivity index (χ3v) is 13.7. The minimum atomic E-state index is 0.710. The van der Waals surface area contributed by atoms with Crippen LogP contribution in [0.5, 0.6) is 0 Å². The molecule has 0 aliphatic heterocycles. The van der Waals surface area contributed by atoms with Gasteiger partial charge in [0.1, 0.15) is 0 Å². The summed E-state index contributed by atoms with van der Waals surface area (Å²) in [6, 6.07) is 65.2. The van der Waals surface area contributed by atoms with Crippen molar-refractivity contribution in [1.82, 2.24) is 19.5 Å². The molecular formula is C63H44N4. The van der Waals surface area contributed by atoms with Crippen LogP contribution in [0.25, 0.3) is 122 Å². The largest absolute Gasteiger partial charge is 0.310 e. The normalized spacial score (nSPS) is 13.8. The smallest absolute Gasteiger partial charge is 0.160 e. The molecule has 4 nitrogen and oxygen atoms in total. The van der Waals surface area contributed by atoms with Crippen molar-refractivity contribution >= 4 is 65.5 Å². The number of pyridine rings is 1. The van der Waals surface area contributed by atoms with E-state index < -0.39 is 0 Å². The van der Waals surface area contributed by atoms with E-state index in [0.29, 0.717) is 5.82 Å². The highest BCUT2D eigenvalue weighted by molar-refractivity contribution is 6.28. The van der Waals surface area contributed by atoms with Crippen LogP contribution < -0.4 is 0 Å². The fourth-order valence-electron chi connectivity index (χ4n) is 10.5. The first kappa shape index (κ1) is 38.9. The molecule has 13 rings (SSSR count). The van der Waals surface area contributed by atoms with Crippen LogP contribution in [0.4, 0.5) is 0 Å². The van der Waals surface area contributed by atoms with Gasteiger partial charge in [0.25, 0.3) is 0 Å². The van der Waals surface area contributed by atoms with Gasteiger partial charge in [-0.1, -0.05) is 194 Å². The van der Waals surface area contributed by atoms with E-state index in [1.807, 2.05) is 24.3 Å². The van der Waals surface area contributed by atoms with Crippen molar-refractivity contribution in [3.05, 3.63) is 224 Å². The second kappa shape index (κ2) is 16.2. The number of aromatic nitrogens is 4. The van der Waals surface area contributed by atoms with Gasteiger partial charge in [-0.3, -0.25) is 0 Å². The van der Waals surface area contributed by atoms with Crippen LogP contribution in [-0.4, -0.2) is 19.5 Å². The number of rotatable bonds is 7. The molecule has 0 fully saturated rings. The monoisotopic (exact) mass is 856 g/mol. The predicted molar refractivity (Wildman–Crippen MR) is 282 cm³/mol. The van der Waals surface area contributed by atoms with Gasteiger partial charge < -0.3 is 4.57 Å². The van der Waals surface area contributed by atoms with Crippen LogP contribution in [0, 0.1) is 0 Å². The van der Waals surface area contributed by atoms with Crippen molar-refractivity contribution in [2.75, 3.05) is 0 Å². The van der Waals surface area contributed by atoms with Crippen molar-refractivity contribution in [2.45, 2.75) is 25.7 Å². The molecule has 2 aliphatic carbocycles. The molecule has 11 aromatic rings. The second-order valence-electron chi connectivity index (χ2n) is 17.6. The predicted octanol–water partition coefficient (Wildman–Crippen LogP) is 16.7. The zero-order valence-electron chi connectivity index (χ0n) is 36.9. The summed E-state index contributed by atoms with van der Waals surface area (Å²) in [7, 11) is 0. The second-order valence-corrected chi connectivity index (χ2v) is 17.6. The SMILES string of the molecule is C1=CC(c2nc3c(-c4ccc(-c5ccc(-c6cc(-c7ccccc7)nc(-c7ccccc7)n6)c6ccccc56)cc4)cccc3c3ccc4c(c5ccccc5n4C4=CCCC=C4)c23)=CCC1. The average Bonchev–Trinajstić information content (AvgIpc) is 3.76. The molecule has 0 N–H and O–H groups in total. The molecule has 67 heavy (non-hydrogen) atoms. The molecule has 4 heteroatoms. The van der Waals surface area contributed by atoms with E-state index in [1.165, 1.54) is 54.8 Å². The first-order valence-electron chi connectivity index (χ1n) is 23.4. The van der Waals surface area contributed by atoms with Crippen molar-refractivity contribution in [3.63, 3.8) is 0 Å². The summed E-state index contributed by atoms with van der Waals surface area (Å²) in [6.45, 7) is 0. The summed E-state index contributed by atoms with van der Waals surface area (Å²) in [4.78, 5) is 16.0. The fraction of sp³-hybridized carbons (Fsp3) is 0.0635. The molecule has 8 aromatic carbocycles. The van der Waals surface area contributed by atoms with Crippen molar-refractivity contribution in [2.24, 2.45) is 0 Å². The molecular weight excluding hydrogens is 813 g/mol. The lowest BCUT2D eigenvalue weighted by atomic mass is 9.91. The lowest BCUT2D eigenvalue weighted by molar-refractivity contribution is 1.02. The van der Waals surface area contributed by atoms with E-state index in [4.69, 9.17) is 15.0 Å². The lowest BCUT2D eigenvalue weighted by Crippen LogP contribution is -1.98. The van der Waals surface area contributed by atoms with E-state index in [0.717, 1.165) is 92.4 Å². The number of allylic oxidation sites excluding steroid dienone is 8. The summed E-state index contributed by atoms with van der Waals surface area (Å²) in [5.74, 6) is 0.710. The van der Waals surface area contributed by atoms with E-state index in [-0.39, 0.29) is 0 Å². The number of hydrogen-bond acceptors (Lipinski definition) is 3. The third-order valence-electron chi connectivity index (χ3n) is 13.7. The van der Waals surface area contributed by atoms with Crippen LogP contribution in [-0.2, 0) is 0 Å². The Morgan fingerprint density at radius 2 is 1.01 bits per heavy atom. The van der Waals surface area contributed by atoms with Crippen LogP contribution in [0.3, 0.4) is 0 Å². The number of hydrogen-bond donors (Lipinski definition) is 0. The molecule has 0 radical (unpaired) electrons. The number of fused-ring (bicyclic) bond motifs is 8. The van der Waals surface area contributed by atoms with Crippen molar-refractivity contribution in [1.29, 1.82) is 0 Å². The van der Waals surface area contributed by atoms with E-state index in [9.17, 15) is 0 Å². The average molecular weight is 857 g/mol. The Labute approximate surface area is 389 Å². The van der Waals surface area contributed by atoms with Gasteiger partial charge in [-0.25, -0.2) is 15.0 Å². The molecule has 0 unspecified atom stereocenters. The molecule has 3 aromatic heterocycles. The summed E-state index contributed by atoms with van der Waals surface area (Å²) in [5.41, 5.74) is 16.4. The van der Waals surface area contributed by atoms with Crippen molar-refractivity contribution in [3.8, 4) is 56.2 Å². The maximum atomic E-state index is 5.73. The zero-order chi connectivity index (χ0) is 44.3. The standard InChI is InChI=1S/C63H44N4/c1-5-18-43(19-6-1)55-40-56(65-63(64-55)45-22-9-3-10-23-45)51-37-36-47(49-26-13-14-27-50(49)51)41-32-34-42(35-33-41)48-29-17-30-53-52-38-39-58-59(60(52)61(66-62(48)53)44-20-7-2-8-21-44)54-28-15-16-31-57(54)67(58)46-24-11-4-12-25-46/h1,3,5-7,9-11,13-40H,2,4,8,12H2. The summed E-state index contributed by atoms with van der Waals surface area (Å²) >= 11 is 0. The summed E-state index contributed by atoms with van der Waals surface area (Å²) in [5, 5.41) is 8.44. The van der Waals surface area contributed by atoms with Gasteiger partial charge in [0.2, 0.25) is 0 Å². The van der Waals surface area contributed by atoms with Gasteiger partial charge in [-0.05, 0) is 88.4 Å². The minimum absolute atomic E-state index is 0.710. The lowest BCUT2D eigenvalue weighted by Gasteiger charge is -2.17.